The van der Waals surface area contributed by atoms with E-state index >= 15 is 0 Å². The summed E-state index contributed by atoms with van der Waals surface area (Å²) in [5, 5.41) is 0. The minimum Gasteiger partial charge on any atom is -0.404 e. The molecular formula is C4HF9NO5S2-. The molecule has 0 radical (unpaired) electrons. The van der Waals surface area contributed by atoms with E-state index in [1.165, 1.54) is 0 Å². The van der Waals surface area contributed by atoms with Crippen LogP contribution in [-0.4, -0.2) is 40.8 Å². The molecule has 0 fully saturated rings. The van der Waals surface area contributed by atoms with Crippen molar-refractivity contribution in [3.05, 3.63) is 4.13 Å². The highest BCUT2D eigenvalue weighted by molar-refractivity contribution is 8.10. The second-order valence-corrected chi connectivity index (χ2v) is 6.04. The van der Waals surface area contributed by atoms with Gasteiger partial charge in [-0.3, -0.25) is 4.18 Å². The molecule has 17 heteroatoms. The van der Waals surface area contributed by atoms with Gasteiger partial charge in [-0.2, -0.15) is 39.5 Å². The highest BCUT2D eigenvalue weighted by atomic mass is 32.3. The monoisotopic (exact) mass is 378 g/mol. The van der Waals surface area contributed by atoms with E-state index in [0.29, 0.717) is 0 Å². The predicted octanol–water partition coefficient (Wildman–Crippen LogP) is 1.96. The number of nitrogens with zero attached hydrogens (tertiary/aromatic N) is 1. The minimum atomic E-state index is -6.91. The van der Waals surface area contributed by atoms with Crippen molar-refractivity contribution in [2.75, 3.05) is 0 Å². The molecule has 6 nitrogen and oxygen atoms in total. The second-order valence-electron chi connectivity index (χ2n) is 2.98. The van der Waals surface area contributed by atoms with Gasteiger partial charge in [0.1, 0.15) is 0 Å². The average molecular weight is 378 g/mol. The normalized spacial score (nSPS) is 15.5. The predicted molar refractivity (Wildman–Crippen MR) is 44.2 cm³/mol. The van der Waals surface area contributed by atoms with Gasteiger partial charge in [-0.15, -0.1) is 0 Å². The lowest BCUT2D eigenvalue weighted by Gasteiger charge is -2.27. The molecule has 0 N–H and O–H groups in total. The number of hydrogen-bond donors (Lipinski definition) is 0. The molecule has 0 amide bonds. The first kappa shape index (κ1) is 20.2. The van der Waals surface area contributed by atoms with E-state index < -0.39 is 44.3 Å². The summed E-state index contributed by atoms with van der Waals surface area (Å²) in [6, 6.07) is 0. The summed E-state index contributed by atoms with van der Waals surface area (Å²) in [5.41, 5.74) is -6.37. The molecule has 128 valence electrons. The Bertz CT molecular complexity index is 555. The van der Waals surface area contributed by atoms with Crippen LogP contribution in [0.5, 0.6) is 0 Å². The zero-order valence-corrected chi connectivity index (χ0v) is 10.4. The van der Waals surface area contributed by atoms with Crippen molar-refractivity contribution in [2.45, 2.75) is 24.0 Å². The van der Waals surface area contributed by atoms with Crippen molar-refractivity contribution in [3.63, 3.8) is 0 Å². The van der Waals surface area contributed by atoms with Crippen LogP contribution in [0.25, 0.3) is 4.13 Å². The molecule has 0 atom stereocenters. The van der Waals surface area contributed by atoms with Crippen molar-refractivity contribution in [1.82, 2.24) is 0 Å². The van der Waals surface area contributed by atoms with Gasteiger partial charge in [0, 0.05) is 0 Å². The molecule has 0 bridgehead atoms. The summed E-state index contributed by atoms with van der Waals surface area (Å²) < 4.78 is 151. The molecule has 0 aromatic carbocycles. The molecule has 0 aromatic rings. The van der Waals surface area contributed by atoms with Gasteiger partial charge in [0.05, 0.1) is 0 Å². The molecule has 0 aliphatic rings. The fraction of sp³-hybridized carbons (Fsp3) is 1.00. The summed E-state index contributed by atoms with van der Waals surface area (Å²) in [5.74, 6) is 0. The van der Waals surface area contributed by atoms with Crippen LogP contribution in [0.3, 0.4) is 0 Å². The summed E-state index contributed by atoms with van der Waals surface area (Å²) in [7, 11) is -13.6. The van der Waals surface area contributed by atoms with Crippen molar-refractivity contribution in [1.29, 1.82) is 0 Å². The number of rotatable bonds is 4. The zero-order chi connectivity index (χ0) is 17.5. The Morgan fingerprint density at radius 1 is 0.762 bits per heavy atom. The molecule has 0 saturated heterocycles. The van der Waals surface area contributed by atoms with Crippen molar-refractivity contribution < 1.29 is 60.5 Å². The van der Waals surface area contributed by atoms with E-state index in [0.717, 1.165) is 4.13 Å². The fourth-order valence-corrected chi connectivity index (χ4v) is 2.50. The van der Waals surface area contributed by atoms with E-state index in [9.17, 15) is 56.3 Å². The maximum absolute atomic E-state index is 11.9. The lowest BCUT2D eigenvalue weighted by Crippen LogP contribution is -2.45. The van der Waals surface area contributed by atoms with Crippen LogP contribution in [0, 0.1) is 0 Å². The summed E-state index contributed by atoms with van der Waals surface area (Å²) in [6.45, 7) is 0. The molecule has 0 spiro atoms. The largest absolute Gasteiger partial charge is 0.480 e. The van der Waals surface area contributed by atoms with Gasteiger partial charge < -0.3 is 4.13 Å². The fourth-order valence-electron chi connectivity index (χ4n) is 0.596. The van der Waals surface area contributed by atoms with Crippen LogP contribution >= 0.6 is 0 Å². The quantitative estimate of drug-likeness (QED) is 0.698. The van der Waals surface area contributed by atoms with Crippen LogP contribution < -0.4 is 0 Å². The van der Waals surface area contributed by atoms with Crippen LogP contribution in [0.1, 0.15) is 0 Å². The van der Waals surface area contributed by atoms with Crippen LogP contribution in [0.15, 0.2) is 0 Å². The van der Waals surface area contributed by atoms with Crippen molar-refractivity contribution in [3.8, 4) is 0 Å². The Hall–Kier alpha value is -0.810. The maximum Gasteiger partial charge on any atom is 0.480 e. The number of alkyl halides is 9. The van der Waals surface area contributed by atoms with Gasteiger partial charge in [-0.25, -0.2) is 16.8 Å². The van der Waals surface area contributed by atoms with Crippen LogP contribution in [0.2, 0.25) is 0 Å². The molecule has 0 unspecified atom stereocenters. The lowest BCUT2D eigenvalue weighted by atomic mass is 10.3. The van der Waals surface area contributed by atoms with Gasteiger partial charge in [0.25, 0.3) is 6.10 Å². The number of halogens is 9. The van der Waals surface area contributed by atoms with E-state index in [2.05, 4.69) is 4.18 Å². The Morgan fingerprint density at radius 3 is 1.33 bits per heavy atom. The molecule has 0 aliphatic carbocycles. The molecule has 0 saturated carbocycles. The molecule has 0 aromatic heterocycles. The van der Waals surface area contributed by atoms with E-state index in [4.69, 9.17) is 0 Å². The average Bonchev–Trinajstić information content (AvgIpc) is 2.06. The van der Waals surface area contributed by atoms with Gasteiger partial charge in [0.2, 0.25) is 10.3 Å². The lowest BCUT2D eigenvalue weighted by molar-refractivity contribution is -0.298. The third-order valence-corrected chi connectivity index (χ3v) is 3.83. The van der Waals surface area contributed by atoms with Crippen LogP contribution in [0.4, 0.5) is 39.5 Å². The SMILES string of the molecule is O=S(=O)([N-]S(=O)(=O)C(F)(F)F)OC(C(F)(F)F)C(F)(F)F. The smallest absolute Gasteiger partial charge is 0.404 e. The third-order valence-electron chi connectivity index (χ3n) is 1.29. The highest BCUT2D eigenvalue weighted by Gasteiger charge is 2.59. The topological polar surface area (TPSA) is 91.6 Å². The van der Waals surface area contributed by atoms with Crippen molar-refractivity contribution >= 4 is 20.3 Å². The maximum atomic E-state index is 11.9. The summed E-state index contributed by atoms with van der Waals surface area (Å²) in [6.07, 6.45) is -17.9. The third kappa shape index (κ3) is 5.83. The van der Waals surface area contributed by atoms with Crippen molar-refractivity contribution in [2.24, 2.45) is 0 Å². The second kappa shape index (κ2) is 5.43. The molecule has 0 aliphatic heterocycles. The Labute approximate surface area is 110 Å². The van der Waals surface area contributed by atoms with E-state index in [1.54, 1.807) is 0 Å². The van der Waals surface area contributed by atoms with Gasteiger partial charge in [0.15, 0.2) is 10.0 Å². The number of hydrogen-bond acceptors (Lipinski definition) is 5. The van der Waals surface area contributed by atoms with E-state index in [1.807, 2.05) is 0 Å². The van der Waals surface area contributed by atoms with Gasteiger partial charge in [-0.1, -0.05) is 0 Å². The summed E-state index contributed by atoms with van der Waals surface area (Å²) >= 11 is 0. The summed E-state index contributed by atoms with van der Waals surface area (Å²) in [4.78, 5) is 0. The first-order valence-corrected chi connectivity index (χ1v) is 6.72. The number of sulfonamides is 1. The molecule has 0 rings (SSSR count). The Morgan fingerprint density at radius 2 is 1.10 bits per heavy atom. The standard InChI is InChI=1S/C4HF9NO5S2/c5-2(6,7)1(3(8,9)10)19-21(17,18)14-20(15,16)4(11,12)13/h1H/q-1. The first-order valence-electron chi connectivity index (χ1n) is 3.92. The van der Waals surface area contributed by atoms with Crippen LogP contribution in [-0.2, 0) is 24.5 Å². The minimum absolute atomic E-state index is 0.876. The van der Waals surface area contributed by atoms with E-state index in [-0.39, 0.29) is 0 Å². The Kier molecular flexibility index (Phi) is 5.22. The first-order chi connectivity index (χ1) is 8.80. The molecule has 0 heterocycles. The van der Waals surface area contributed by atoms with Gasteiger partial charge >= 0.3 is 17.9 Å². The molecule has 21 heavy (non-hydrogen) atoms. The zero-order valence-electron chi connectivity index (χ0n) is 8.78. The molecular weight excluding hydrogens is 377 g/mol. The Balaban J connectivity index is 5.49. The van der Waals surface area contributed by atoms with Gasteiger partial charge in [-0.05, 0) is 0 Å². The highest BCUT2D eigenvalue weighted by Crippen LogP contribution is 2.38.